The van der Waals surface area contributed by atoms with E-state index in [-0.39, 0.29) is 29.4 Å². The van der Waals surface area contributed by atoms with Crippen molar-refractivity contribution >= 4 is 11.7 Å². The van der Waals surface area contributed by atoms with Gasteiger partial charge in [0.05, 0.1) is 6.61 Å². The lowest BCUT2D eigenvalue weighted by atomic mass is 10.1. The summed E-state index contributed by atoms with van der Waals surface area (Å²) in [6.45, 7) is 3.29. The molecule has 1 rings (SSSR count). The van der Waals surface area contributed by atoms with Gasteiger partial charge in [0.2, 0.25) is 0 Å². The van der Waals surface area contributed by atoms with E-state index in [1.807, 2.05) is 0 Å². The Hall–Kier alpha value is -2.11. The van der Waals surface area contributed by atoms with Gasteiger partial charge >= 0.3 is 11.6 Å². The second-order valence-electron chi connectivity index (χ2n) is 3.20. The van der Waals surface area contributed by atoms with Gasteiger partial charge in [0.15, 0.2) is 5.71 Å². The Bertz CT molecular complexity index is 515. The van der Waals surface area contributed by atoms with Crippen molar-refractivity contribution in [3.8, 4) is 5.75 Å². The number of carbonyl (C=O) groups excluding carboxylic acids is 1. The first-order chi connectivity index (χ1) is 8.01. The first-order valence-electron chi connectivity index (χ1n) is 4.99. The van der Waals surface area contributed by atoms with Gasteiger partial charge in [0.1, 0.15) is 17.1 Å². The molecule has 0 spiro atoms. The molecule has 0 fully saturated rings. The van der Waals surface area contributed by atoms with E-state index >= 15 is 0 Å². The van der Waals surface area contributed by atoms with E-state index in [4.69, 9.17) is 9.15 Å². The molecule has 17 heavy (non-hydrogen) atoms. The highest BCUT2D eigenvalue weighted by molar-refractivity contribution is 6.43. The highest BCUT2D eigenvalue weighted by Gasteiger charge is 2.23. The molecule has 1 aromatic heterocycles. The highest BCUT2D eigenvalue weighted by Crippen LogP contribution is 2.16. The van der Waals surface area contributed by atoms with Crippen molar-refractivity contribution in [3.63, 3.8) is 0 Å². The molecule has 1 aromatic rings. The largest absolute Gasteiger partial charge is 0.507 e. The summed E-state index contributed by atoms with van der Waals surface area (Å²) in [5.41, 5.74) is -1.36. The van der Waals surface area contributed by atoms with Gasteiger partial charge < -0.3 is 14.3 Å². The van der Waals surface area contributed by atoms with Crippen molar-refractivity contribution in [2.75, 3.05) is 13.7 Å². The van der Waals surface area contributed by atoms with Crippen molar-refractivity contribution in [3.05, 3.63) is 27.8 Å². The SMILES string of the molecule is CCOC(=O)C(=NC)c1c(O)cc(C)oc1=O. The Labute approximate surface area is 97.6 Å². The normalized spacial score (nSPS) is 11.4. The number of aliphatic imine (C=N–C) groups is 1. The molecule has 0 aliphatic carbocycles. The van der Waals surface area contributed by atoms with Crippen LogP contribution in [-0.4, -0.2) is 30.4 Å². The van der Waals surface area contributed by atoms with Crippen LogP contribution in [0.1, 0.15) is 18.2 Å². The third-order valence-electron chi connectivity index (χ3n) is 1.98. The highest BCUT2D eigenvalue weighted by atomic mass is 16.5. The quantitative estimate of drug-likeness (QED) is 0.617. The molecule has 0 atom stereocenters. The summed E-state index contributed by atoms with van der Waals surface area (Å²) in [5, 5.41) is 9.64. The fourth-order valence-electron chi connectivity index (χ4n) is 1.32. The lowest BCUT2D eigenvalue weighted by Crippen LogP contribution is -2.25. The molecule has 0 aliphatic rings. The molecule has 0 saturated heterocycles. The third-order valence-corrected chi connectivity index (χ3v) is 1.98. The second-order valence-corrected chi connectivity index (χ2v) is 3.20. The maximum Gasteiger partial charge on any atom is 0.357 e. The van der Waals surface area contributed by atoms with Gasteiger partial charge in [0, 0.05) is 13.1 Å². The monoisotopic (exact) mass is 239 g/mol. The molecule has 0 aromatic carbocycles. The molecule has 1 N–H and O–H groups in total. The van der Waals surface area contributed by atoms with Crippen molar-refractivity contribution in [1.29, 1.82) is 0 Å². The summed E-state index contributed by atoms with van der Waals surface area (Å²) in [4.78, 5) is 26.7. The van der Waals surface area contributed by atoms with Crippen LogP contribution in [-0.2, 0) is 9.53 Å². The van der Waals surface area contributed by atoms with E-state index in [9.17, 15) is 14.7 Å². The van der Waals surface area contributed by atoms with Crippen LogP contribution < -0.4 is 5.63 Å². The summed E-state index contributed by atoms with van der Waals surface area (Å²) in [6.07, 6.45) is 0. The number of hydrogen-bond acceptors (Lipinski definition) is 6. The van der Waals surface area contributed by atoms with Crippen LogP contribution in [0.3, 0.4) is 0 Å². The maximum absolute atomic E-state index is 11.6. The Morgan fingerprint density at radius 2 is 2.24 bits per heavy atom. The summed E-state index contributed by atoms with van der Waals surface area (Å²) in [5.74, 6) is -0.885. The van der Waals surface area contributed by atoms with Gasteiger partial charge in [0.25, 0.3) is 0 Å². The molecule has 92 valence electrons. The first-order valence-corrected chi connectivity index (χ1v) is 4.99. The predicted octanol–water partition coefficient (Wildman–Crippen LogP) is 0.636. The lowest BCUT2D eigenvalue weighted by Gasteiger charge is -2.06. The summed E-state index contributed by atoms with van der Waals surface area (Å²) < 4.78 is 9.52. The zero-order valence-corrected chi connectivity index (χ0v) is 9.81. The predicted molar refractivity (Wildman–Crippen MR) is 60.5 cm³/mol. The molecule has 0 aliphatic heterocycles. The number of hydrogen-bond donors (Lipinski definition) is 1. The zero-order chi connectivity index (χ0) is 13.0. The molecular weight excluding hydrogens is 226 g/mol. The van der Waals surface area contributed by atoms with Crippen LogP contribution in [0.15, 0.2) is 20.3 Å². The van der Waals surface area contributed by atoms with Crippen LogP contribution >= 0.6 is 0 Å². The Morgan fingerprint density at radius 3 is 2.71 bits per heavy atom. The van der Waals surface area contributed by atoms with Gasteiger partial charge in [-0.3, -0.25) is 4.99 Å². The summed E-state index contributed by atoms with van der Waals surface area (Å²) in [6, 6.07) is 1.24. The standard InChI is InChI=1S/C11H13NO5/c1-4-16-11(15)9(12-3)8-7(13)5-6(2)17-10(8)14/h5,13H,4H2,1-3H3. The van der Waals surface area contributed by atoms with Crippen molar-refractivity contribution in [2.45, 2.75) is 13.8 Å². The van der Waals surface area contributed by atoms with Crippen LogP contribution in [0.25, 0.3) is 0 Å². The van der Waals surface area contributed by atoms with Gasteiger partial charge in [-0.15, -0.1) is 0 Å². The van der Waals surface area contributed by atoms with E-state index < -0.39 is 11.6 Å². The minimum Gasteiger partial charge on any atom is -0.507 e. The van der Waals surface area contributed by atoms with Crippen LogP contribution in [0, 0.1) is 6.92 Å². The Kier molecular flexibility index (Phi) is 4.03. The number of aromatic hydroxyl groups is 1. The van der Waals surface area contributed by atoms with Crippen molar-refractivity contribution < 1.29 is 19.1 Å². The number of nitrogens with zero attached hydrogens (tertiary/aromatic N) is 1. The molecule has 0 radical (unpaired) electrons. The van der Waals surface area contributed by atoms with Crippen LogP contribution in [0.2, 0.25) is 0 Å². The second kappa shape index (κ2) is 5.29. The van der Waals surface area contributed by atoms with Crippen molar-refractivity contribution in [1.82, 2.24) is 0 Å². The fraction of sp³-hybridized carbons (Fsp3) is 0.364. The average Bonchev–Trinajstić information content (AvgIpc) is 2.23. The molecule has 6 heteroatoms. The zero-order valence-electron chi connectivity index (χ0n) is 9.81. The average molecular weight is 239 g/mol. The molecule has 0 amide bonds. The summed E-state index contributed by atoms with van der Waals surface area (Å²) in [7, 11) is 1.32. The molecular formula is C11H13NO5. The van der Waals surface area contributed by atoms with Gasteiger partial charge in [-0.25, -0.2) is 9.59 Å². The van der Waals surface area contributed by atoms with E-state index in [1.165, 1.54) is 20.0 Å². The van der Waals surface area contributed by atoms with Crippen molar-refractivity contribution in [2.24, 2.45) is 4.99 Å². The maximum atomic E-state index is 11.6. The summed E-state index contributed by atoms with van der Waals surface area (Å²) >= 11 is 0. The number of rotatable bonds is 3. The first kappa shape index (κ1) is 13.0. The minimum absolute atomic E-state index is 0.149. The minimum atomic E-state index is -0.823. The van der Waals surface area contributed by atoms with E-state index in [0.717, 1.165) is 0 Å². The smallest absolute Gasteiger partial charge is 0.357 e. The van der Waals surface area contributed by atoms with Gasteiger partial charge in [-0.2, -0.15) is 0 Å². The van der Waals surface area contributed by atoms with E-state index in [2.05, 4.69) is 4.99 Å². The number of carbonyl (C=O) groups is 1. The Morgan fingerprint density at radius 1 is 1.59 bits per heavy atom. The molecule has 1 heterocycles. The van der Waals surface area contributed by atoms with E-state index in [1.54, 1.807) is 6.92 Å². The molecule has 0 saturated carbocycles. The molecule has 0 bridgehead atoms. The van der Waals surface area contributed by atoms with E-state index in [0.29, 0.717) is 0 Å². The van der Waals surface area contributed by atoms with Gasteiger partial charge in [-0.1, -0.05) is 0 Å². The fourth-order valence-corrected chi connectivity index (χ4v) is 1.32. The molecule has 0 unspecified atom stereocenters. The number of ether oxygens (including phenoxy) is 1. The van der Waals surface area contributed by atoms with Gasteiger partial charge in [-0.05, 0) is 13.8 Å². The lowest BCUT2D eigenvalue weighted by molar-refractivity contribution is -0.134. The van der Waals surface area contributed by atoms with Crippen LogP contribution in [0.4, 0.5) is 0 Å². The van der Waals surface area contributed by atoms with Crippen LogP contribution in [0.5, 0.6) is 5.75 Å². The third kappa shape index (κ3) is 2.72. The molecule has 6 nitrogen and oxygen atoms in total. The number of esters is 1. The number of aryl methyl sites for hydroxylation is 1. The Balaban J connectivity index is 3.32. The topological polar surface area (TPSA) is 89.1 Å².